The van der Waals surface area contributed by atoms with Gasteiger partial charge >= 0.3 is 6.18 Å². The van der Waals surface area contributed by atoms with Gasteiger partial charge in [-0.3, -0.25) is 0 Å². The Labute approximate surface area is 123 Å². The molecule has 6 heteroatoms. The highest BCUT2D eigenvalue weighted by Crippen LogP contribution is 2.39. The molecular formula is C15H24F3NO2. The number of hydrogen-bond donors (Lipinski definition) is 1. The highest BCUT2D eigenvalue weighted by molar-refractivity contribution is 4.89. The minimum atomic E-state index is -4.01. The monoisotopic (exact) mass is 307 g/mol. The molecule has 3 rings (SSSR count). The molecule has 0 aromatic carbocycles. The molecular weight excluding hydrogens is 283 g/mol. The fraction of sp³-hybridized carbons (Fsp3) is 1.00. The second kappa shape index (κ2) is 6.05. The van der Waals surface area contributed by atoms with E-state index in [4.69, 9.17) is 9.47 Å². The largest absolute Gasteiger partial charge is 0.391 e. The minimum absolute atomic E-state index is 0.244. The third-order valence-corrected chi connectivity index (χ3v) is 5.22. The average Bonchev–Trinajstić information content (AvgIpc) is 2.90. The molecule has 1 saturated heterocycles. The topological polar surface area (TPSA) is 30.5 Å². The van der Waals surface area contributed by atoms with E-state index in [-0.39, 0.29) is 24.7 Å². The van der Waals surface area contributed by atoms with Gasteiger partial charge in [0.1, 0.15) is 0 Å². The molecule has 2 aliphatic carbocycles. The van der Waals surface area contributed by atoms with Crippen LogP contribution in [-0.2, 0) is 9.47 Å². The Bertz CT molecular complexity index is 337. The molecule has 1 spiro atoms. The Balaban J connectivity index is 1.40. The average molecular weight is 307 g/mol. The van der Waals surface area contributed by atoms with E-state index < -0.39 is 12.1 Å². The van der Waals surface area contributed by atoms with Crippen molar-refractivity contribution in [2.45, 2.75) is 75.4 Å². The van der Waals surface area contributed by atoms with Gasteiger partial charge in [-0.25, -0.2) is 0 Å². The second-order valence-electron chi connectivity index (χ2n) is 6.64. The number of nitrogens with one attached hydrogen (secondary N) is 1. The number of alkyl halides is 3. The molecule has 0 radical (unpaired) electrons. The lowest BCUT2D eigenvalue weighted by atomic mass is 9.84. The fourth-order valence-electron chi connectivity index (χ4n) is 3.93. The molecule has 0 amide bonds. The van der Waals surface area contributed by atoms with Crippen LogP contribution in [0.1, 0.15) is 51.4 Å². The molecule has 0 atom stereocenters. The molecule has 2 saturated carbocycles. The minimum Gasteiger partial charge on any atom is -0.348 e. The molecule has 1 heterocycles. The van der Waals surface area contributed by atoms with E-state index in [2.05, 4.69) is 5.32 Å². The molecule has 0 aromatic heterocycles. The summed E-state index contributed by atoms with van der Waals surface area (Å²) >= 11 is 0. The summed E-state index contributed by atoms with van der Waals surface area (Å²) in [5.74, 6) is -1.45. The van der Waals surface area contributed by atoms with Crippen LogP contribution in [0, 0.1) is 5.92 Å². The lowest BCUT2D eigenvalue weighted by molar-refractivity contribution is -0.185. The molecule has 1 N–H and O–H groups in total. The van der Waals surface area contributed by atoms with Crippen LogP contribution in [0.3, 0.4) is 0 Å². The lowest BCUT2D eigenvalue weighted by Crippen LogP contribution is -2.47. The van der Waals surface area contributed by atoms with Crippen LogP contribution < -0.4 is 5.32 Å². The van der Waals surface area contributed by atoms with Crippen molar-refractivity contribution in [1.82, 2.24) is 5.32 Å². The molecule has 1 aliphatic heterocycles. The van der Waals surface area contributed by atoms with Crippen LogP contribution in [-0.4, -0.2) is 37.3 Å². The normalized spacial score (nSPS) is 34.4. The summed E-state index contributed by atoms with van der Waals surface area (Å²) in [6, 6.07) is 0.643. The van der Waals surface area contributed by atoms with Crippen molar-refractivity contribution in [1.29, 1.82) is 0 Å². The first kappa shape index (κ1) is 15.6. The van der Waals surface area contributed by atoms with Crippen LogP contribution >= 0.6 is 0 Å². The smallest absolute Gasteiger partial charge is 0.348 e. The van der Waals surface area contributed by atoms with Crippen LogP contribution in [0.25, 0.3) is 0 Å². The Hall–Kier alpha value is -0.330. The van der Waals surface area contributed by atoms with Crippen LogP contribution in [0.2, 0.25) is 0 Å². The molecule has 0 aromatic rings. The maximum Gasteiger partial charge on any atom is 0.391 e. The number of halogens is 3. The van der Waals surface area contributed by atoms with Crippen molar-refractivity contribution in [3.8, 4) is 0 Å². The van der Waals surface area contributed by atoms with Crippen molar-refractivity contribution in [3.63, 3.8) is 0 Å². The summed E-state index contributed by atoms with van der Waals surface area (Å²) in [6.45, 7) is 1.36. The Kier molecular flexibility index (Phi) is 4.48. The van der Waals surface area contributed by atoms with E-state index in [0.29, 0.717) is 32.1 Å². The Morgan fingerprint density at radius 3 is 1.86 bits per heavy atom. The zero-order chi connectivity index (χ0) is 14.9. The summed E-state index contributed by atoms with van der Waals surface area (Å²) in [6.07, 6.45) is 1.55. The van der Waals surface area contributed by atoms with Gasteiger partial charge in [0.2, 0.25) is 0 Å². The van der Waals surface area contributed by atoms with Gasteiger partial charge in [0.25, 0.3) is 0 Å². The van der Waals surface area contributed by atoms with Gasteiger partial charge in [-0.15, -0.1) is 0 Å². The van der Waals surface area contributed by atoms with Gasteiger partial charge in [-0.2, -0.15) is 13.2 Å². The molecule has 3 fully saturated rings. The van der Waals surface area contributed by atoms with Crippen molar-refractivity contribution in [2.75, 3.05) is 13.2 Å². The fourth-order valence-corrected chi connectivity index (χ4v) is 3.93. The van der Waals surface area contributed by atoms with Crippen molar-refractivity contribution in [2.24, 2.45) is 5.92 Å². The van der Waals surface area contributed by atoms with E-state index >= 15 is 0 Å². The third-order valence-electron chi connectivity index (χ3n) is 5.22. The number of ether oxygens (including phenoxy) is 2. The van der Waals surface area contributed by atoms with Gasteiger partial charge in [-0.1, -0.05) is 0 Å². The summed E-state index contributed by atoms with van der Waals surface area (Å²) < 4.78 is 49.3. The zero-order valence-electron chi connectivity index (χ0n) is 12.3. The van der Waals surface area contributed by atoms with Gasteiger partial charge in [0.05, 0.1) is 19.1 Å². The first-order valence-electron chi connectivity index (χ1n) is 8.08. The molecule has 3 nitrogen and oxygen atoms in total. The van der Waals surface area contributed by atoms with Gasteiger partial charge in [0.15, 0.2) is 5.79 Å². The van der Waals surface area contributed by atoms with E-state index in [1.165, 1.54) is 0 Å². The highest BCUT2D eigenvalue weighted by Gasteiger charge is 2.43. The maximum absolute atomic E-state index is 12.6. The summed E-state index contributed by atoms with van der Waals surface area (Å²) in [5.41, 5.74) is 0. The predicted octanol–water partition coefficient (Wildman–Crippen LogP) is 3.38. The van der Waals surface area contributed by atoms with Crippen molar-refractivity contribution < 1.29 is 22.6 Å². The van der Waals surface area contributed by atoms with Crippen LogP contribution in [0.15, 0.2) is 0 Å². The summed E-state index contributed by atoms with van der Waals surface area (Å²) in [5, 5.41) is 3.56. The van der Waals surface area contributed by atoms with E-state index in [1.807, 2.05) is 0 Å². The maximum atomic E-state index is 12.6. The molecule has 21 heavy (non-hydrogen) atoms. The highest BCUT2D eigenvalue weighted by atomic mass is 19.4. The first-order valence-corrected chi connectivity index (χ1v) is 8.08. The Morgan fingerprint density at radius 1 is 0.810 bits per heavy atom. The van der Waals surface area contributed by atoms with Gasteiger partial charge in [0, 0.05) is 24.9 Å². The predicted molar refractivity (Wildman–Crippen MR) is 71.8 cm³/mol. The number of hydrogen-bond acceptors (Lipinski definition) is 3. The SMILES string of the molecule is FC(F)(F)C1CCC(NC2CCC3(CC2)OCCO3)CC1. The summed E-state index contributed by atoms with van der Waals surface area (Å²) in [4.78, 5) is 0. The van der Waals surface area contributed by atoms with Crippen LogP contribution in [0.5, 0.6) is 0 Å². The summed E-state index contributed by atoms with van der Waals surface area (Å²) in [7, 11) is 0. The molecule has 0 unspecified atom stereocenters. The van der Waals surface area contributed by atoms with Crippen molar-refractivity contribution >= 4 is 0 Å². The third kappa shape index (κ3) is 3.71. The van der Waals surface area contributed by atoms with Crippen molar-refractivity contribution in [3.05, 3.63) is 0 Å². The van der Waals surface area contributed by atoms with Crippen LogP contribution in [0.4, 0.5) is 13.2 Å². The molecule has 122 valence electrons. The number of rotatable bonds is 2. The standard InChI is InChI=1S/C15H24F3NO2/c16-15(17,18)11-1-3-12(4-2-11)19-13-5-7-14(8-6-13)20-9-10-21-14/h11-13,19H,1-10H2. The Morgan fingerprint density at radius 2 is 1.33 bits per heavy atom. The quantitative estimate of drug-likeness (QED) is 0.848. The van der Waals surface area contributed by atoms with Gasteiger partial charge < -0.3 is 14.8 Å². The second-order valence-corrected chi connectivity index (χ2v) is 6.64. The van der Waals surface area contributed by atoms with Gasteiger partial charge in [-0.05, 0) is 38.5 Å². The lowest BCUT2D eigenvalue weighted by Gasteiger charge is -2.38. The van der Waals surface area contributed by atoms with E-state index in [0.717, 1.165) is 25.7 Å². The first-order chi connectivity index (χ1) is 9.97. The van der Waals surface area contributed by atoms with E-state index in [1.54, 1.807) is 0 Å². The molecule has 0 bridgehead atoms. The van der Waals surface area contributed by atoms with E-state index in [9.17, 15) is 13.2 Å². The molecule has 3 aliphatic rings. The zero-order valence-corrected chi connectivity index (χ0v) is 12.3.